The molecule has 1 amide bonds. The van der Waals surface area contributed by atoms with Crippen molar-refractivity contribution in [1.29, 1.82) is 0 Å². The van der Waals surface area contributed by atoms with Crippen molar-refractivity contribution in [2.45, 2.75) is 38.7 Å². The van der Waals surface area contributed by atoms with Crippen LogP contribution in [-0.4, -0.2) is 44.4 Å². The van der Waals surface area contributed by atoms with Gasteiger partial charge in [0.15, 0.2) is 16.4 Å². The molecule has 2 aromatic heterocycles. The number of carbonyl (C=O) groups is 1. The van der Waals surface area contributed by atoms with Crippen LogP contribution in [0.3, 0.4) is 0 Å². The average molecular weight is 403 g/mol. The van der Waals surface area contributed by atoms with Gasteiger partial charge in [0, 0.05) is 19.5 Å². The summed E-state index contributed by atoms with van der Waals surface area (Å²) in [7, 11) is 0. The third-order valence-corrected chi connectivity index (χ3v) is 4.98. The molecule has 1 atom stereocenters. The molecular formula is C16H20F3N5O2S. The van der Waals surface area contributed by atoms with Crippen LogP contribution in [0.25, 0.3) is 11.6 Å². The molecule has 0 bridgehead atoms. The van der Waals surface area contributed by atoms with Gasteiger partial charge in [0.1, 0.15) is 0 Å². The molecule has 0 aromatic carbocycles. The normalized spacial score (nSPS) is 18.7. The number of likely N-dealkylation sites (tertiary alicyclic amines) is 1. The number of amides is 1. The molecule has 1 aliphatic heterocycles. The Hall–Kier alpha value is -2.14. The van der Waals surface area contributed by atoms with Gasteiger partial charge in [-0.1, -0.05) is 0 Å². The Bertz CT molecular complexity index is 843. The number of carbonyl (C=O) groups excluding carboxylic acids is 1. The van der Waals surface area contributed by atoms with E-state index >= 15 is 0 Å². The van der Waals surface area contributed by atoms with Gasteiger partial charge in [-0.05, 0) is 43.7 Å². The summed E-state index contributed by atoms with van der Waals surface area (Å²) >= 11 is 5.43. The highest BCUT2D eigenvalue weighted by Gasteiger charge is 2.41. The summed E-state index contributed by atoms with van der Waals surface area (Å²) in [6, 6.07) is 3.39. The summed E-state index contributed by atoms with van der Waals surface area (Å²) in [6.45, 7) is 0.812. The second kappa shape index (κ2) is 7.85. The number of halogens is 3. The Labute approximate surface area is 158 Å². The van der Waals surface area contributed by atoms with Gasteiger partial charge in [0.2, 0.25) is 5.91 Å². The minimum atomic E-state index is -4.21. The molecule has 1 fully saturated rings. The lowest BCUT2D eigenvalue weighted by molar-refractivity contribution is -0.188. The summed E-state index contributed by atoms with van der Waals surface area (Å²) in [4.78, 5) is 12.8. The molecule has 0 saturated carbocycles. The fourth-order valence-corrected chi connectivity index (χ4v) is 3.46. The largest absolute Gasteiger partial charge is 0.461 e. The Balaban J connectivity index is 1.84. The van der Waals surface area contributed by atoms with Crippen LogP contribution in [0.4, 0.5) is 13.2 Å². The molecule has 0 unspecified atom stereocenters. The van der Waals surface area contributed by atoms with Crippen molar-refractivity contribution in [3.05, 3.63) is 23.2 Å². The topological polar surface area (TPSA) is 82.2 Å². The van der Waals surface area contributed by atoms with Crippen LogP contribution in [-0.2, 0) is 18.0 Å². The molecule has 3 heterocycles. The van der Waals surface area contributed by atoms with Gasteiger partial charge in [0.05, 0.1) is 18.8 Å². The highest BCUT2D eigenvalue weighted by molar-refractivity contribution is 7.71. The number of rotatable bonds is 6. The molecule has 2 N–H and O–H groups in total. The van der Waals surface area contributed by atoms with Crippen molar-refractivity contribution in [3.8, 4) is 11.6 Å². The maximum atomic E-state index is 13.0. The maximum absolute atomic E-state index is 13.0. The fraction of sp³-hybridized carbons (Fsp3) is 0.562. The molecule has 27 heavy (non-hydrogen) atoms. The predicted octanol–water partition coefficient (Wildman–Crippen LogP) is 2.78. The SMILES string of the molecule is NC(=O)CCn1c(-c2ccco2)nn(CN2CCC[C@H](C(F)(F)F)C2)c1=S. The Kier molecular flexibility index (Phi) is 5.70. The van der Waals surface area contributed by atoms with E-state index in [1.807, 2.05) is 0 Å². The molecule has 2 aromatic rings. The molecule has 1 saturated heterocycles. The minimum absolute atomic E-state index is 0.0631. The molecule has 0 aliphatic carbocycles. The van der Waals surface area contributed by atoms with Crippen molar-refractivity contribution >= 4 is 18.1 Å². The highest BCUT2D eigenvalue weighted by Crippen LogP contribution is 2.33. The lowest BCUT2D eigenvalue weighted by atomic mass is 9.98. The number of piperidine rings is 1. The first-order chi connectivity index (χ1) is 12.8. The Morgan fingerprint density at radius 3 is 2.85 bits per heavy atom. The molecule has 1 aliphatic rings. The molecular weight excluding hydrogens is 383 g/mol. The predicted molar refractivity (Wildman–Crippen MR) is 92.9 cm³/mol. The smallest absolute Gasteiger partial charge is 0.393 e. The van der Waals surface area contributed by atoms with E-state index < -0.39 is 18.0 Å². The number of nitrogens with zero attached hydrogens (tertiary/aromatic N) is 4. The van der Waals surface area contributed by atoms with Gasteiger partial charge in [-0.2, -0.15) is 13.2 Å². The lowest BCUT2D eigenvalue weighted by Gasteiger charge is -2.33. The van der Waals surface area contributed by atoms with E-state index in [0.29, 0.717) is 29.3 Å². The maximum Gasteiger partial charge on any atom is 0.393 e. The second-order valence-electron chi connectivity index (χ2n) is 6.55. The summed E-state index contributed by atoms with van der Waals surface area (Å²) in [5.41, 5.74) is 5.22. The summed E-state index contributed by atoms with van der Waals surface area (Å²) in [5, 5.41) is 4.42. The van der Waals surface area contributed by atoms with Gasteiger partial charge in [-0.25, -0.2) is 4.68 Å². The molecule has 0 radical (unpaired) electrons. The van der Waals surface area contributed by atoms with Crippen LogP contribution in [0.1, 0.15) is 19.3 Å². The van der Waals surface area contributed by atoms with E-state index in [1.165, 1.54) is 10.9 Å². The Morgan fingerprint density at radius 2 is 2.22 bits per heavy atom. The van der Waals surface area contributed by atoms with Crippen LogP contribution in [0.5, 0.6) is 0 Å². The third kappa shape index (κ3) is 4.59. The zero-order valence-corrected chi connectivity index (χ0v) is 15.3. The van der Waals surface area contributed by atoms with Gasteiger partial charge >= 0.3 is 6.18 Å². The number of hydrogen-bond donors (Lipinski definition) is 1. The zero-order valence-electron chi connectivity index (χ0n) is 14.5. The van der Waals surface area contributed by atoms with Crippen LogP contribution in [0, 0.1) is 10.7 Å². The number of hydrogen-bond acceptors (Lipinski definition) is 5. The van der Waals surface area contributed by atoms with Gasteiger partial charge in [-0.15, -0.1) is 5.10 Å². The van der Waals surface area contributed by atoms with Crippen molar-refractivity contribution in [2.24, 2.45) is 11.7 Å². The summed E-state index contributed by atoms with van der Waals surface area (Å²) in [5.74, 6) is -0.965. The van der Waals surface area contributed by atoms with E-state index in [1.54, 1.807) is 21.6 Å². The van der Waals surface area contributed by atoms with Crippen molar-refractivity contribution in [3.63, 3.8) is 0 Å². The van der Waals surface area contributed by atoms with Crippen molar-refractivity contribution in [2.75, 3.05) is 13.1 Å². The van der Waals surface area contributed by atoms with E-state index in [4.69, 9.17) is 22.4 Å². The van der Waals surface area contributed by atoms with Crippen LogP contribution in [0.15, 0.2) is 22.8 Å². The molecule has 0 spiro atoms. The van der Waals surface area contributed by atoms with Crippen LogP contribution in [0.2, 0.25) is 0 Å². The highest BCUT2D eigenvalue weighted by atomic mass is 32.1. The first-order valence-corrected chi connectivity index (χ1v) is 8.95. The molecule has 3 rings (SSSR count). The fourth-order valence-electron chi connectivity index (χ4n) is 3.19. The van der Waals surface area contributed by atoms with Crippen molar-refractivity contribution in [1.82, 2.24) is 19.2 Å². The van der Waals surface area contributed by atoms with E-state index in [9.17, 15) is 18.0 Å². The quantitative estimate of drug-likeness (QED) is 0.750. The number of primary amides is 1. The monoisotopic (exact) mass is 403 g/mol. The van der Waals surface area contributed by atoms with Gasteiger partial charge < -0.3 is 10.2 Å². The number of nitrogens with two attached hydrogens (primary N) is 1. The molecule has 11 heteroatoms. The third-order valence-electron chi connectivity index (χ3n) is 4.55. The minimum Gasteiger partial charge on any atom is -0.461 e. The number of aromatic nitrogens is 3. The summed E-state index contributed by atoms with van der Waals surface area (Å²) < 4.78 is 47.8. The van der Waals surface area contributed by atoms with E-state index in [0.717, 1.165) is 0 Å². The first kappa shape index (κ1) is 19.6. The standard InChI is InChI=1S/C16H20F3N5O2S/c17-16(18,19)11-3-1-6-22(9-11)10-24-15(27)23(7-5-13(20)25)14(21-24)12-4-2-8-26-12/h2,4,8,11H,1,3,5-7,9-10H2,(H2,20,25)/t11-/m0/s1. The average Bonchev–Trinajstić information content (AvgIpc) is 3.22. The van der Waals surface area contributed by atoms with Crippen molar-refractivity contribution < 1.29 is 22.4 Å². The van der Waals surface area contributed by atoms with E-state index in [2.05, 4.69) is 5.10 Å². The molecule has 148 valence electrons. The number of alkyl halides is 3. The van der Waals surface area contributed by atoms with Gasteiger partial charge in [-0.3, -0.25) is 14.3 Å². The van der Waals surface area contributed by atoms with Crippen LogP contribution >= 0.6 is 12.2 Å². The summed E-state index contributed by atoms with van der Waals surface area (Å²) in [6.07, 6.45) is -2.07. The number of furan rings is 1. The Morgan fingerprint density at radius 1 is 1.44 bits per heavy atom. The lowest BCUT2D eigenvalue weighted by Crippen LogP contribution is -2.42. The second-order valence-corrected chi connectivity index (χ2v) is 6.92. The van der Waals surface area contributed by atoms with E-state index in [-0.39, 0.29) is 32.6 Å². The van der Waals surface area contributed by atoms with Gasteiger partial charge in [0.25, 0.3) is 0 Å². The first-order valence-electron chi connectivity index (χ1n) is 8.54. The zero-order chi connectivity index (χ0) is 19.6. The van der Waals surface area contributed by atoms with Crippen LogP contribution < -0.4 is 5.73 Å². The molecule has 7 nitrogen and oxygen atoms in total.